The molecular weight excluding hydrogens is 734 g/mol. The van der Waals surface area contributed by atoms with Crippen LogP contribution in [-0.2, 0) is 28.6 Å². The summed E-state index contributed by atoms with van der Waals surface area (Å²) in [7, 11) is 0. The summed E-state index contributed by atoms with van der Waals surface area (Å²) in [6, 6.07) is 23.0. The minimum Gasteiger partial charge on any atom is -0.458 e. The minimum absolute atomic E-state index is 0.0586. The molecule has 0 aromatic heterocycles. The molecule has 0 unspecified atom stereocenters. The van der Waals surface area contributed by atoms with E-state index in [4.69, 9.17) is 14.2 Å². The first-order valence-corrected chi connectivity index (χ1v) is 18.7. The van der Waals surface area contributed by atoms with Gasteiger partial charge in [-0.2, -0.15) is 0 Å². The highest BCUT2D eigenvalue weighted by Gasteiger charge is 2.70. The maximum atomic E-state index is 14.7. The topological polar surface area (TPSA) is 206 Å². The zero-order chi connectivity index (χ0) is 41.4. The van der Waals surface area contributed by atoms with Crippen LogP contribution >= 0.6 is 0 Å². The Hall–Kier alpha value is -5.47. The van der Waals surface area contributed by atoms with Gasteiger partial charge in [-0.3, -0.25) is 14.4 Å². The van der Waals surface area contributed by atoms with Gasteiger partial charge in [-0.1, -0.05) is 86.7 Å². The average molecular weight is 782 g/mol. The number of aliphatic hydroxyl groups excluding tert-OH is 3. The summed E-state index contributed by atoms with van der Waals surface area (Å²) in [4.78, 5) is 68.5. The number of ketones is 1. The predicted molar refractivity (Wildman–Crippen MR) is 204 cm³/mol. The van der Waals surface area contributed by atoms with Gasteiger partial charge in [-0.25, -0.2) is 9.59 Å². The first-order valence-electron chi connectivity index (χ1n) is 18.7. The van der Waals surface area contributed by atoms with Gasteiger partial charge in [0.1, 0.15) is 30.0 Å². The number of benzene rings is 3. The summed E-state index contributed by atoms with van der Waals surface area (Å²) in [6.07, 6.45) is -8.06. The molecule has 2 bridgehead atoms. The van der Waals surface area contributed by atoms with Gasteiger partial charge in [0, 0.05) is 24.3 Å². The van der Waals surface area contributed by atoms with Gasteiger partial charge in [0.2, 0.25) is 0 Å². The molecule has 300 valence electrons. The zero-order valence-corrected chi connectivity index (χ0v) is 32.2. The van der Waals surface area contributed by atoms with E-state index in [2.05, 4.69) is 5.32 Å². The molecule has 6 rings (SSSR count). The molecule has 0 radical (unpaired) electrons. The number of hydrogen-bond acceptors (Lipinski definition) is 12. The fourth-order valence-electron chi connectivity index (χ4n) is 8.74. The van der Waals surface area contributed by atoms with Crippen molar-refractivity contribution in [1.29, 1.82) is 0 Å². The molecule has 3 aromatic rings. The average Bonchev–Trinajstić information content (AvgIpc) is 3.19. The summed E-state index contributed by atoms with van der Waals surface area (Å²) in [6.45, 7) is 7.08. The van der Waals surface area contributed by atoms with Crippen LogP contribution < -0.4 is 5.32 Å². The molecule has 13 heteroatoms. The molecule has 0 aliphatic heterocycles. The molecule has 3 aliphatic rings. The van der Waals surface area contributed by atoms with Crippen molar-refractivity contribution in [3.05, 3.63) is 131 Å². The lowest BCUT2D eigenvalue weighted by atomic mass is 9.48. The lowest BCUT2D eigenvalue weighted by molar-refractivity contribution is -0.228. The van der Waals surface area contributed by atoms with Crippen molar-refractivity contribution in [1.82, 2.24) is 5.32 Å². The first kappa shape index (κ1) is 41.2. The Kier molecular flexibility index (Phi) is 11.4. The molecule has 13 nitrogen and oxygen atoms in total. The van der Waals surface area contributed by atoms with E-state index in [1.807, 2.05) is 0 Å². The van der Waals surface area contributed by atoms with Crippen molar-refractivity contribution in [3.8, 4) is 0 Å². The Bertz CT molecular complexity index is 2080. The molecule has 3 aliphatic carbocycles. The molecular formula is C44H47NO12. The third-order valence-electron chi connectivity index (χ3n) is 12.0. The number of esters is 3. The van der Waals surface area contributed by atoms with Gasteiger partial charge in [0.15, 0.2) is 11.9 Å². The Labute approximate surface area is 330 Å². The standard InChI is InChI=1S/C44H47NO12/c1-24-30(56-41(53)36(49)34(26-15-9-6-10-16-26)45-39(51)27-17-11-7-12-18-27)23-44(54)38(57-40(52)28-19-13-8-14-20-28)33-29(55-25(2)46)21-22-31(47)43(33,5)37(50)35(48)32(24)42(44,3)4/h6-22,29-31,33-36,38,47-49,54H,23H2,1-5H3,(H,45,51)/t29-,30-,31-,33-,34-,35+,36+,38-,43+,44+/m0/s1. The van der Waals surface area contributed by atoms with Crippen LogP contribution in [0.2, 0.25) is 0 Å². The fourth-order valence-corrected chi connectivity index (χ4v) is 8.74. The fraction of sp³-hybridized carbons (Fsp3) is 0.386. The van der Waals surface area contributed by atoms with E-state index in [1.165, 1.54) is 38.1 Å². The number of aliphatic hydroxyl groups is 4. The largest absolute Gasteiger partial charge is 0.458 e. The Morgan fingerprint density at radius 2 is 1.37 bits per heavy atom. The van der Waals surface area contributed by atoms with E-state index in [1.54, 1.807) is 92.7 Å². The molecule has 3 aromatic carbocycles. The number of fused-ring (bicyclic) bond motifs is 3. The smallest absolute Gasteiger partial charge is 0.338 e. The van der Waals surface area contributed by atoms with E-state index < -0.39 is 101 Å². The molecule has 0 saturated heterocycles. The maximum Gasteiger partial charge on any atom is 0.338 e. The van der Waals surface area contributed by atoms with E-state index in [-0.39, 0.29) is 22.3 Å². The summed E-state index contributed by atoms with van der Waals surface area (Å²) in [5.41, 5.74) is -5.09. The molecule has 57 heavy (non-hydrogen) atoms. The van der Waals surface area contributed by atoms with E-state index in [0.717, 1.165) is 6.92 Å². The second-order valence-corrected chi connectivity index (χ2v) is 15.6. The van der Waals surface area contributed by atoms with Crippen LogP contribution in [0.5, 0.6) is 0 Å². The molecule has 5 N–H and O–H groups in total. The lowest BCUT2D eigenvalue weighted by Crippen LogP contribution is -2.72. The third kappa shape index (κ3) is 7.32. The lowest BCUT2D eigenvalue weighted by Gasteiger charge is -2.60. The number of amides is 1. The zero-order valence-electron chi connectivity index (χ0n) is 32.2. The van der Waals surface area contributed by atoms with Crippen LogP contribution in [0.4, 0.5) is 0 Å². The summed E-state index contributed by atoms with van der Waals surface area (Å²) < 4.78 is 17.8. The van der Waals surface area contributed by atoms with E-state index in [9.17, 15) is 44.4 Å². The van der Waals surface area contributed by atoms with Crippen molar-refractivity contribution in [3.63, 3.8) is 0 Å². The molecule has 0 spiro atoms. The van der Waals surface area contributed by atoms with Gasteiger partial charge in [0.25, 0.3) is 5.91 Å². The molecule has 0 heterocycles. The van der Waals surface area contributed by atoms with Gasteiger partial charge in [0.05, 0.1) is 29.0 Å². The number of ether oxygens (including phenoxy) is 3. The van der Waals surface area contributed by atoms with Crippen molar-refractivity contribution in [2.75, 3.05) is 0 Å². The van der Waals surface area contributed by atoms with Crippen LogP contribution in [0.15, 0.2) is 114 Å². The maximum absolute atomic E-state index is 14.7. The van der Waals surface area contributed by atoms with Gasteiger partial charge < -0.3 is 40.0 Å². The van der Waals surface area contributed by atoms with Crippen molar-refractivity contribution >= 4 is 29.6 Å². The number of carbonyl (C=O) groups excluding carboxylic acids is 5. The van der Waals surface area contributed by atoms with Crippen molar-refractivity contribution in [2.24, 2.45) is 16.7 Å². The van der Waals surface area contributed by atoms with Crippen LogP contribution in [0.3, 0.4) is 0 Å². The van der Waals surface area contributed by atoms with Gasteiger partial charge in [-0.15, -0.1) is 0 Å². The number of Topliss-reactive ketones (excluding diaryl/α,β-unsaturated/α-hetero) is 1. The quantitative estimate of drug-likeness (QED) is 0.120. The van der Waals surface area contributed by atoms with E-state index >= 15 is 0 Å². The Morgan fingerprint density at radius 1 is 0.807 bits per heavy atom. The highest BCUT2D eigenvalue weighted by Crippen LogP contribution is 2.59. The monoisotopic (exact) mass is 781 g/mol. The number of nitrogens with one attached hydrogen (secondary N) is 1. The second kappa shape index (κ2) is 15.8. The molecule has 1 amide bonds. The molecule has 1 saturated carbocycles. The SMILES string of the molecule is CC(=O)O[C@H]1C=C[C@H](O)[C@@]2(C)C(=O)[C@H](O)C3=C(C)[C@@H](OC(=O)[C@H](O)[C@@H](NC(=O)c4ccccc4)c4ccccc4)C[C@@](O)([C@@H](OC(=O)c4ccccc4)[C@H]12)C3(C)C. The van der Waals surface area contributed by atoms with Crippen LogP contribution in [-0.4, -0.2) is 92.2 Å². The van der Waals surface area contributed by atoms with Crippen molar-refractivity contribution in [2.45, 2.75) is 89.3 Å². The summed E-state index contributed by atoms with van der Waals surface area (Å²) in [5, 5.41) is 51.2. The van der Waals surface area contributed by atoms with E-state index in [0.29, 0.717) is 5.56 Å². The second-order valence-electron chi connectivity index (χ2n) is 15.6. The number of hydrogen-bond donors (Lipinski definition) is 5. The van der Waals surface area contributed by atoms with Crippen LogP contribution in [0.1, 0.15) is 73.4 Å². The Balaban J connectivity index is 1.46. The Morgan fingerprint density at radius 3 is 1.95 bits per heavy atom. The highest BCUT2D eigenvalue weighted by molar-refractivity contribution is 5.95. The third-order valence-corrected chi connectivity index (χ3v) is 12.0. The highest BCUT2D eigenvalue weighted by atomic mass is 16.6. The molecule has 10 atom stereocenters. The van der Waals surface area contributed by atoms with Gasteiger partial charge in [-0.05, 0) is 60.9 Å². The number of rotatable bonds is 9. The van der Waals surface area contributed by atoms with Crippen LogP contribution in [0.25, 0.3) is 0 Å². The summed E-state index contributed by atoms with van der Waals surface area (Å²) >= 11 is 0. The normalized spacial score (nSPS) is 30.1. The predicted octanol–water partition coefficient (Wildman–Crippen LogP) is 3.56. The number of carbonyl (C=O) groups is 5. The van der Waals surface area contributed by atoms with Crippen LogP contribution in [0, 0.1) is 16.7 Å². The first-order chi connectivity index (χ1) is 26.9. The van der Waals surface area contributed by atoms with Crippen molar-refractivity contribution < 1.29 is 58.6 Å². The summed E-state index contributed by atoms with van der Waals surface area (Å²) in [5.74, 6) is -5.89. The van der Waals surface area contributed by atoms with Gasteiger partial charge >= 0.3 is 17.9 Å². The molecule has 1 fully saturated rings. The minimum atomic E-state index is -2.32.